The van der Waals surface area contributed by atoms with Crippen molar-refractivity contribution in [2.24, 2.45) is 0 Å². The van der Waals surface area contributed by atoms with Crippen LogP contribution in [0.4, 0.5) is 11.4 Å². The second-order valence-electron chi connectivity index (χ2n) is 3.28. The van der Waals surface area contributed by atoms with E-state index in [1.165, 1.54) is 0 Å². The van der Waals surface area contributed by atoms with Crippen LogP contribution in [0.5, 0.6) is 0 Å². The van der Waals surface area contributed by atoms with Crippen molar-refractivity contribution in [2.45, 2.75) is 12.2 Å². The summed E-state index contributed by atoms with van der Waals surface area (Å²) < 4.78 is 11.1. The van der Waals surface area contributed by atoms with Crippen LogP contribution in [-0.2, 0) is 10.8 Å². The first kappa shape index (κ1) is 11.0. The predicted octanol–water partition coefficient (Wildman–Crippen LogP) is 1.45. The molecule has 1 aromatic carbocycles. The van der Waals surface area contributed by atoms with Crippen LogP contribution in [0, 0.1) is 0 Å². The molecule has 0 aliphatic carbocycles. The fourth-order valence-corrected chi connectivity index (χ4v) is 1.35. The van der Waals surface area contributed by atoms with Gasteiger partial charge < -0.3 is 11.1 Å². The van der Waals surface area contributed by atoms with Gasteiger partial charge in [0.25, 0.3) is 0 Å². The summed E-state index contributed by atoms with van der Waals surface area (Å²) in [6, 6.07) is 7.57. The molecule has 78 valence electrons. The molecule has 1 rings (SSSR count). The second-order valence-corrected chi connectivity index (χ2v) is 5.08. The molecule has 2 unspecified atom stereocenters. The fourth-order valence-electron chi connectivity index (χ4n) is 1.03. The highest BCUT2D eigenvalue weighted by Crippen LogP contribution is 2.16. The van der Waals surface area contributed by atoms with E-state index in [-0.39, 0.29) is 5.25 Å². The molecular weight excluding hydrogens is 196 g/mol. The molecule has 0 bridgehead atoms. The molecule has 0 heterocycles. The Labute approximate surface area is 87.2 Å². The third-order valence-corrected chi connectivity index (χ3v) is 3.41. The Balaban J connectivity index is 2.54. The van der Waals surface area contributed by atoms with E-state index in [1.54, 1.807) is 6.26 Å². The van der Waals surface area contributed by atoms with Gasteiger partial charge in [-0.05, 0) is 19.1 Å². The van der Waals surface area contributed by atoms with Crippen molar-refractivity contribution in [3.8, 4) is 0 Å². The third kappa shape index (κ3) is 3.03. The topological polar surface area (TPSA) is 55.1 Å². The van der Waals surface area contributed by atoms with Gasteiger partial charge in [-0.1, -0.05) is 12.1 Å². The molecule has 1 aromatic rings. The molecule has 3 nitrogen and oxygen atoms in total. The quantitative estimate of drug-likeness (QED) is 0.743. The summed E-state index contributed by atoms with van der Waals surface area (Å²) in [6.07, 6.45) is 1.71. The number of nitrogens with two attached hydrogens (primary N) is 1. The number of benzene rings is 1. The van der Waals surface area contributed by atoms with Gasteiger partial charge in [0, 0.05) is 28.9 Å². The Kier molecular flexibility index (Phi) is 3.95. The Morgan fingerprint density at radius 3 is 2.71 bits per heavy atom. The van der Waals surface area contributed by atoms with Crippen LogP contribution in [0.15, 0.2) is 24.3 Å². The molecule has 0 aliphatic rings. The zero-order valence-corrected chi connectivity index (χ0v) is 9.30. The van der Waals surface area contributed by atoms with E-state index in [0.29, 0.717) is 6.54 Å². The van der Waals surface area contributed by atoms with Crippen LogP contribution in [0.25, 0.3) is 0 Å². The van der Waals surface area contributed by atoms with Crippen molar-refractivity contribution in [2.75, 3.05) is 23.9 Å². The van der Waals surface area contributed by atoms with Crippen molar-refractivity contribution >= 4 is 22.2 Å². The SMILES string of the molecule is CC(CNc1ccccc1N)S(C)=O. The summed E-state index contributed by atoms with van der Waals surface area (Å²) in [5, 5.41) is 3.31. The highest BCUT2D eigenvalue weighted by Gasteiger charge is 2.05. The molecule has 2 atom stereocenters. The van der Waals surface area contributed by atoms with Crippen LogP contribution >= 0.6 is 0 Å². The van der Waals surface area contributed by atoms with Gasteiger partial charge in [0.05, 0.1) is 11.4 Å². The zero-order chi connectivity index (χ0) is 10.6. The zero-order valence-electron chi connectivity index (χ0n) is 8.49. The third-order valence-electron chi connectivity index (χ3n) is 2.11. The molecule has 0 spiro atoms. The lowest BCUT2D eigenvalue weighted by Gasteiger charge is -2.12. The summed E-state index contributed by atoms with van der Waals surface area (Å²) in [7, 11) is -0.794. The minimum atomic E-state index is -0.794. The van der Waals surface area contributed by atoms with E-state index in [4.69, 9.17) is 5.73 Å². The van der Waals surface area contributed by atoms with E-state index < -0.39 is 10.8 Å². The average Bonchev–Trinajstić information content (AvgIpc) is 2.16. The van der Waals surface area contributed by atoms with Gasteiger partial charge in [0.1, 0.15) is 0 Å². The van der Waals surface area contributed by atoms with Gasteiger partial charge in [0.15, 0.2) is 0 Å². The van der Waals surface area contributed by atoms with Crippen LogP contribution in [0.3, 0.4) is 0 Å². The van der Waals surface area contributed by atoms with Crippen molar-refractivity contribution in [1.29, 1.82) is 0 Å². The molecule has 0 aliphatic heterocycles. The van der Waals surface area contributed by atoms with E-state index in [1.807, 2.05) is 31.2 Å². The molecular formula is C10H16N2OS. The second kappa shape index (κ2) is 5.00. The minimum absolute atomic E-state index is 0.134. The molecule has 0 aromatic heterocycles. The Morgan fingerprint density at radius 1 is 1.50 bits per heavy atom. The fraction of sp³-hybridized carbons (Fsp3) is 0.400. The normalized spacial score (nSPS) is 14.7. The molecule has 0 saturated carbocycles. The van der Waals surface area contributed by atoms with Crippen LogP contribution < -0.4 is 11.1 Å². The molecule has 3 N–H and O–H groups in total. The maximum atomic E-state index is 11.1. The van der Waals surface area contributed by atoms with Gasteiger partial charge in [0.2, 0.25) is 0 Å². The van der Waals surface area contributed by atoms with Crippen molar-refractivity contribution in [3.05, 3.63) is 24.3 Å². The Bertz CT molecular complexity index is 328. The van der Waals surface area contributed by atoms with Gasteiger partial charge in [-0.25, -0.2) is 0 Å². The smallest absolute Gasteiger partial charge is 0.0574 e. The van der Waals surface area contributed by atoms with E-state index >= 15 is 0 Å². The summed E-state index contributed by atoms with van der Waals surface area (Å²) in [6.45, 7) is 2.62. The Hall–Kier alpha value is -1.03. The number of nitrogens with one attached hydrogen (secondary N) is 1. The molecule has 0 fully saturated rings. The monoisotopic (exact) mass is 212 g/mol. The lowest BCUT2D eigenvalue weighted by molar-refractivity contribution is 0.679. The van der Waals surface area contributed by atoms with E-state index in [9.17, 15) is 4.21 Å². The van der Waals surface area contributed by atoms with Crippen molar-refractivity contribution < 1.29 is 4.21 Å². The highest BCUT2D eigenvalue weighted by molar-refractivity contribution is 7.84. The minimum Gasteiger partial charge on any atom is -0.397 e. The molecule has 0 radical (unpaired) electrons. The first-order chi connectivity index (χ1) is 6.61. The summed E-state index contributed by atoms with van der Waals surface area (Å²) in [4.78, 5) is 0. The number of nitrogen functional groups attached to an aromatic ring is 1. The first-order valence-electron chi connectivity index (χ1n) is 4.52. The van der Waals surface area contributed by atoms with Gasteiger partial charge >= 0.3 is 0 Å². The maximum absolute atomic E-state index is 11.1. The average molecular weight is 212 g/mol. The molecule has 0 saturated heterocycles. The standard InChI is InChI=1S/C10H16N2OS/c1-8(14(2)13)7-12-10-6-4-3-5-9(10)11/h3-6,8,12H,7,11H2,1-2H3. The van der Waals surface area contributed by atoms with E-state index in [2.05, 4.69) is 5.32 Å². The molecule has 14 heavy (non-hydrogen) atoms. The largest absolute Gasteiger partial charge is 0.397 e. The summed E-state index contributed by atoms with van der Waals surface area (Å²) in [5.41, 5.74) is 7.38. The summed E-state index contributed by atoms with van der Waals surface area (Å²) >= 11 is 0. The van der Waals surface area contributed by atoms with Gasteiger partial charge in [-0.15, -0.1) is 0 Å². The number of anilines is 2. The number of hydrogen-bond donors (Lipinski definition) is 2. The van der Waals surface area contributed by atoms with E-state index in [0.717, 1.165) is 11.4 Å². The number of rotatable bonds is 4. The first-order valence-corrected chi connectivity index (χ1v) is 6.14. The molecule has 0 amide bonds. The lowest BCUT2D eigenvalue weighted by Crippen LogP contribution is -2.21. The van der Waals surface area contributed by atoms with Gasteiger partial charge in [-0.3, -0.25) is 4.21 Å². The summed E-state index contributed by atoms with van der Waals surface area (Å²) in [5.74, 6) is 0. The number of hydrogen-bond acceptors (Lipinski definition) is 3. The van der Waals surface area contributed by atoms with Crippen molar-refractivity contribution in [3.63, 3.8) is 0 Å². The van der Waals surface area contributed by atoms with Crippen LogP contribution in [0.1, 0.15) is 6.92 Å². The number of para-hydroxylation sites is 2. The van der Waals surface area contributed by atoms with Crippen molar-refractivity contribution in [1.82, 2.24) is 0 Å². The van der Waals surface area contributed by atoms with Gasteiger partial charge in [-0.2, -0.15) is 0 Å². The maximum Gasteiger partial charge on any atom is 0.0574 e. The lowest BCUT2D eigenvalue weighted by atomic mass is 10.2. The molecule has 4 heteroatoms. The Morgan fingerprint density at radius 2 is 2.14 bits per heavy atom. The van der Waals surface area contributed by atoms with Crippen LogP contribution in [0.2, 0.25) is 0 Å². The highest BCUT2D eigenvalue weighted by atomic mass is 32.2. The van der Waals surface area contributed by atoms with Crippen LogP contribution in [-0.4, -0.2) is 22.3 Å². The predicted molar refractivity (Wildman–Crippen MR) is 62.9 cm³/mol.